The lowest BCUT2D eigenvalue weighted by atomic mass is 10.2. The molecular weight excluding hydrogens is 185 g/mol. The lowest BCUT2D eigenvalue weighted by molar-refractivity contribution is 0.0946. The van der Waals surface area contributed by atoms with Crippen LogP contribution in [0.2, 0.25) is 0 Å². The summed E-state index contributed by atoms with van der Waals surface area (Å²) in [5.41, 5.74) is 5.52. The van der Waals surface area contributed by atoms with Gasteiger partial charge in [-0.05, 0) is 12.5 Å². The highest BCUT2D eigenvalue weighted by atomic mass is 19.1. The SMILES string of the molecule is NC1CC1NC(=O)c1ccncc1F. The van der Waals surface area contributed by atoms with Gasteiger partial charge in [0.2, 0.25) is 0 Å². The molecule has 0 bridgehead atoms. The molecule has 2 rings (SSSR count). The third-order valence-corrected chi connectivity index (χ3v) is 2.17. The summed E-state index contributed by atoms with van der Waals surface area (Å²) >= 11 is 0. The van der Waals surface area contributed by atoms with Gasteiger partial charge < -0.3 is 11.1 Å². The van der Waals surface area contributed by atoms with Gasteiger partial charge in [0, 0.05) is 18.3 Å². The van der Waals surface area contributed by atoms with Crippen molar-refractivity contribution in [1.82, 2.24) is 10.3 Å². The van der Waals surface area contributed by atoms with E-state index < -0.39 is 11.7 Å². The number of amides is 1. The number of nitrogens with zero attached hydrogens (tertiary/aromatic N) is 1. The summed E-state index contributed by atoms with van der Waals surface area (Å²) in [6.45, 7) is 0. The van der Waals surface area contributed by atoms with Crippen LogP contribution in [-0.4, -0.2) is 23.0 Å². The summed E-state index contributed by atoms with van der Waals surface area (Å²) in [7, 11) is 0. The predicted molar refractivity (Wildman–Crippen MR) is 48.0 cm³/mol. The van der Waals surface area contributed by atoms with Crippen molar-refractivity contribution < 1.29 is 9.18 Å². The fourth-order valence-corrected chi connectivity index (χ4v) is 1.19. The largest absolute Gasteiger partial charge is 0.348 e. The minimum atomic E-state index is -0.612. The highest BCUT2D eigenvalue weighted by molar-refractivity contribution is 5.94. The van der Waals surface area contributed by atoms with Crippen LogP contribution in [0.25, 0.3) is 0 Å². The smallest absolute Gasteiger partial charge is 0.254 e. The molecule has 1 fully saturated rings. The number of pyridine rings is 1. The average Bonchev–Trinajstić information content (AvgIpc) is 2.82. The highest BCUT2D eigenvalue weighted by Crippen LogP contribution is 2.18. The molecule has 2 unspecified atom stereocenters. The van der Waals surface area contributed by atoms with Crippen molar-refractivity contribution in [2.75, 3.05) is 0 Å². The summed E-state index contributed by atoms with van der Waals surface area (Å²) in [6, 6.07) is 1.36. The number of nitrogens with one attached hydrogen (secondary N) is 1. The standard InChI is InChI=1S/C9H10FN3O/c10-6-4-12-2-1-5(6)9(14)13-8-3-7(8)11/h1-2,4,7-8H,3,11H2,(H,13,14). The Bertz CT molecular complexity index is 369. The molecule has 5 heteroatoms. The Morgan fingerprint density at radius 2 is 2.43 bits per heavy atom. The molecule has 1 aromatic rings. The Morgan fingerprint density at radius 3 is 3.00 bits per heavy atom. The molecule has 0 radical (unpaired) electrons. The van der Waals surface area contributed by atoms with Crippen LogP contribution in [0.3, 0.4) is 0 Å². The number of hydrogen-bond acceptors (Lipinski definition) is 3. The van der Waals surface area contributed by atoms with Crippen LogP contribution in [0, 0.1) is 5.82 Å². The minimum Gasteiger partial charge on any atom is -0.348 e. The Hall–Kier alpha value is -1.49. The van der Waals surface area contributed by atoms with Crippen molar-refractivity contribution >= 4 is 5.91 Å². The van der Waals surface area contributed by atoms with Crippen LogP contribution in [0.15, 0.2) is 18.5 Å². The van der Waals surface area contributed by atoms with E-state index in [9.17, 15) is 9.18 Å². The van der Waals surface area contributed by atoms with E-state index in [0.29, 0.717) is 0 Å². The molecule has 1 amide bonds. The number of nitrogens with two attached hydrogens (primary N) is 1. The lowest BCUT2D eigenvalue weighted by Crippen LogP contribution is -2.30. The number of aromatic nitrogens is 1. The van der Waals surface area contributed by atoms with E-state index in [-0.39, 0.29) is 17.6 Å². The van der Waals surface area contributed by atoms with Crippen molar-refractivity contribution in [2.24, 2.45) is 5.73 Å². The number of hydrogen-bond donors (Lipinski definition) is 2. The van der Waals surface area contributed by atoms with Crippen LogP contribution in [0.1, 0.15) is 16.8 Å². The maximum absolute atomic E-state index is 13.1. The van der Waals surface area contributed by atoms with Crippen molar-refractivity contribution in [2.45, 2.75) is 18.5 Å². The first kappa shape index (κ1) is 9.08. The van der Waals surface area contributed by atoms with Crippen LogP contribution < -0.4 is 11.1 Å². The summed E-state index contributed by atoms with van der Waals surface area (Å²) in [6.07, 6.45) is 3.16. The van der Waals surface area contributed by atoms with Gasteiger partial charge in [0.25, 0.3) is 5.91 Å². The second-order valence-electron chi connectivity index (χ2n) is 3.34. The summed E-state index contributed by atoms with van der Waals surface area (Å²) in [5.74, 6) is -1.04. The molecule has 4 nitrogen and oxygen atoms in total. The quantitative estimate of drug-likeness (QED) is 0.700. The molecule has 1 heterocycles. The Balaban J connectivity index is 2.07. The molecule has 1 aliphatic carbocycles. The van der Waals surface area contributed by atoms with Gasteiger partial charge in [-0.3, -0.25) is 9.78 Å². The van der Waals surface area contributed by atoms with Crippen molar-refractivity contribution in [3.05, 3.63) is 29.8 Å². The molecular formula is C9H10FN3O. The van der Waals surface area contributed by atoms with E-state index >= 15 is 0 Å². The van der Waals surface area contributed by atoms with E-state index in [0.717, 1.165) is 12.6 Å². The fourth-order valence-electron chi connectivity index (χ4n) is 1.19. The summed E-state index contributed by atoms with van der Waals surface area (Å²) in [4.78, 5) is 15.0. The molecule has 0 spiro atoms. The molecule has 3 N–H and O–H groups in total. The van der Waals surface area contributed by atoms with Crippen molar-refractivity contribution in [3.63, 3.8) is 0 Å². The molecule has 14 heavy (non-hydrogen) atoms. The molecule has 0 aliphatic heterocycles. The molecule has 1 saturated carbocycles. The molecule has 1 aromatic heterocycles. The van der Waals surface area contributed by atoms with E-state index in [1.165, 1.54) is 12.3 Å². The summed E-state index contributed by atoms with van der Waals surface area (Å²) < 4.78 is 13.1. The van der Waals surface area contributed by atoms with Crippen molar-refractivity contribution in [3.8, 4) is 0 Å². The van der Waals surface area contributed by atoms with Gasteiger partial charge >= 0.3 is 0 Å². The lowest BCUT2D eigenvalue weighted by Gasteiger charge is -2.03. The monoisotopic (exact) mass is 195 g/mol. The molecule has 1 aliphatic rings. The number of carbonyl (C=O) groups excluding carboxylic acids is 1. The van der Waals surface area contributed by atoms with E-state index in [4.69, 9.17) is 5.73 Å². The predicted octanol–water partition coefficient (Wildman–Crippen LogP) is 0.0501. The molecule has 0 saturated heterocycles. The Kier molecular flexibility index (Phi) is 2.17. The fraction of sp³-hybridized carbons (Fsp3) is 0.333. The Morgan fingerprint density at radius 1 is 1.71 bits per heavy atom. The molecule has 2 atom stereocenters. The van der Waals surface area contributed by atoms with Gasteiger partial charge in [-0.2, -0.15) is 0 Å². The highest BCUT2D eigenvalue weighted by Gasteiger charge is 2.35. The van der Waals surface area contributed by atoms with Crippen molar-refractivity contribution in [1.29, 1.82) is 0 Å². The zero-order valence-corrected chi connectivity index (χ0v) is 7.40. The zero-order chi connectivity index (χ0) is 10.1. The number of halogens is 1. The van der Waals surface area contributed by atoms with Gasteiger partial charge in [0.1, 0.15) is 0 Å². The number of carbonyl (C=O) groups is 1. The maximum Gasteiger partial charge on any atom is 0.254 e. The third kappa shape index (κ3) is 1.72. The first-order valence-electron chi connectivity index (χ1n) is 4.34. The van der Waals surface area contributed by atoms with E-state index in [1.54, 1.807) is 0 Å². The van der Waals surface area contributed by atoms with Crippen LogP contribution in [0.5, 0.6) is 0 Å². The van der Waals surface area contributed by atoms with Crippen LogP contribution in [-0.2, 0) is 0 Å². The molecule has 0 aromatic carbocycles. The summed E-state index contributed by atoms with van der Waals surface area (Å²) in [5, 5.41) is 2.63. The van der Waals surface area contributed by atoms with Gasteiger partial charge in [-0.1, -0.05) is 0 Å². The van der Waals surface area contributed by atoms with E-state index in [2.05, 4.69) is 10.3 Å². The minimum absolute atomic E-state index is 0.00457. The van der Waals surface area contributed by atoms with Gasteiger partial charge in [-0.25, -0.2) is 4.39 Å². The Labute approximate surface area is 80.3 Å². The van der Waals surface area contributed by atoms with Gasteiger partial charge in [0.05, 0.1) is 11.8 Å². The van der Waals surface area contributed by atoms with E-state index in [1.807, 2.05) is 0 Å². The second kappa shape index (κ2) is 3.34. The maximum atomic E-state index is 13.1. The number of rotatable bonds is 2. The average molecular weight is 195 g/mol. The first-order valence-corrected chi connectivity index (χ1v) is 4.34. The topological polar surface area (TPSA) is 68.0 Å². The zero-order valence-electron chi connectivity index (χ0n) is 7.40. The normalized spacial score (nSPS) is 24.4. The van der Waals surface area contributed by atoms with Gasteiger partial charge in [-0.15, -0.1) is 0 Å². The molecule has 74 valence electrons. The third-order valence-electron chi connectivity index (χ3n) is 2.17. The first-order chi connectivity index (χ1) is 6.68. The van der Waals surface area contributed by atoms with Crippen LogP contribution >= 0.6 is 0 Å². The van der Waals surface area contributed by atoms with Gasteiger partial charge in [0.15, 0.2) is 5.82 Å². The van der Waals surface area contributed by atoms with Crippen LogP contribution in [0.4, 0.5) is 4.39 Å². The second-order valence-corrected chi connectivity index (χ2v) is 3.34.